The lowest BCUT2D eigenvalue weighted by molar-refractivity contribution is 0.0962. The number of benzene rings is 1. The molecule has 0 aliphatic heterocycles. The van der Waals surface area contributed by atoms with Crippen molar-refractivity contribution in [2.24, 2.45) is 0 Å². The Balaban J connectivity index is 0.00000144. The Bertz CT molecular complexity index is 769. The largest absolute Gasteiger partial charge is 0.412 e. The molecule has 1 amide bonds. The molecule has 0 fully saturated rings. The maximum Gasteiger partial charge on any atom is 0.269 e. The lowest BCUT2D eigenvalue weighted by atomic mass is 10.2. The van der Waals surface area contributed by atoms with Gasteiger partial charge in [0.25, 0.3) is 5.91 Å². The highest BCUT2D eigenvalue weighted by molar-refractivity contribution is 5.94. The Hall–Kier alpha value is -3.36. The molecule has 8 nitrogen and oxygen atoms in total. The lowest BCUT2D eigenvalue weighted by Gasteiger charge is -2.08. The van der Waals surface area contributed by atoms with Crippen molar-refractivity contribution in [3.05, 3.63) is 72.7 Å². The molecular formula is C16H17N5O3. The number of amides is 1. The molecule has 0 saturated heterocycles. The second-order valence-corrected chi connectivity index (χ2v) is 4.45. The molecule has 2 heterocycles. The van der Waals surface area contributed by atoms with E-state index in [9.17, 15) is 4.79 Å². The number of nitrogens with zero attached hydrogens (tertiary/aromatic N) is 3. The average molecular weight is 327 g/mol. The SMILES string of the molecule is O.O.O=C(NNc1nccc(-c2cccnc2)n1)c1ccccc1. The predicted octanol–water partition coefficient (Wildman–Crippen LogP) is 0.646. The highest BCUT2D eigenvalue weighted by Crippen LogP contribution is 2.15. The Morgan fingerprint density at radius 2 is 1.71 bits per heavy atom. The van der Waals surface area contributed by atoms with E-state index < -0.39 is 0 Å². The summed E-state index contributed by atoms with van der Waals surface area (Å²) in [5.41, 5.74) is 7.43. The molecule has 0 spiro atoms. The number of rotatable bonds is 4. The zero-order valence-corrected chi connectivity index (χ0v) is 12.6. The van der Waals surface area contributed by atoms with Crippen LogP contribution in [0, 0.1) is 0 Å². The van der Waals surface area contributed by atoms with Crippen LogP contribution in [0.1, 0.15) is 10.4 Å². The Labute approximate surface area is 138 Å². The summed E-state index contributed by atoms with van der Waals surface area (Å²) in [6.45, 7) is 0. The first kappa shape index (κ1) is 18.7. The fraction of sp³-hybridized carbons (Fsp3) is 0. The van der Waals surface area contributed by atoms with Gasteiger partial charge in [-0.3, -0.25) is 20.6 Å². The van der Waals surface area contributed by atoms with Gasteiger partial charge in [0.2, 0.25) is 5.95 Å². The van der Waals surface area contributed by atoms with Crippen LogP contribution in [0.25, 0.3) is 11.3 Å². The van der Waals surface area contributed by atoms with Crippen molar-refractivity contribution in [1.29, 1.82) is 0 Å². The molecule has 0 unspecified atom stereocenters. The number of hydrazine groups is 1. The van der Waals surface area contributed by atoms with Crippen molar-refractivity contribution in [2.45, 2.75) is 0 Å². The van der Waals surface area contributed by atoms with E-state index in [0.717, 1.165) is 11.3 Å². The third-order valence-corrected chi connectivity index (χ3v) is 2.94. The summed E-state index contributed by atoms with van der Waals surface area (Å²) >= 11 is 0. The highest BCUT2D eigenvalue weighted by Gasteiger charge is 2.05. The van der Waals surface area contributed by atoms with Crippen molar-refractivity contribution >= 4 is 11.9 Å². The lowest BCUT2D eigenvalue weighted by Crippen LogP contribution is -2.30. The Kier molecular flexibility index (Phi) is 6.96. The maximum atomic E-state index is 11.9. The monoisotopic (exact) mass is 327 g/mol. The summed E-state index contributed by atoms with van der Waals surface area (Å²) in [5.74, 6) is 0.0571. The average Bonchev–Trinajstić information content (AvgIpc) is 2.61. The van der Waals surface area contributed by atoms with Gasteiger partial charge in [0, 0.05) is 29.7 Å². The van der Waals surface area contributed by atoms with E-state index in [1.807, 2.05) is 18.2 Å². The first-order valence-electron chi connectivity index (χ1n) is 6.68. The molecule has 2 aromatic heterocycles. The predicted molar refractivity (Wildman–Crippen MR) is 90.0 cm³/mol. The van der Waals surface area contributed by atoms with E-state index in [4.69, 9.17) is 0 Å². The van der Waals surface area contributed by atoms with E-state index in [0.29, 0.717) is 11.5 Å². The molecule has 8 heteroatoms. The van der Waals surface area contributed by atoms with Gasteiger partial charge in [0.1, 0.15) is 0 Å². The van der Waals surface area contributed by atoms with Gasteiger partial charge < -0.3 is 11.0 Å². The van der Waals surface area contributed by atoms with E-state index in [1.54, 1.807) is 48.9 Å². The van der Waals surface area contributed by atoms with Gasteiger partial charge in [0.15, 0.2) is 0 Å². The third kappa shape index (κ3) is 4.57. The van der Waals surface area contributed by atoms with Crippen molar-refractivity contribution in [2.75, 3.05) is 5.43 Å². The first-order valence-corrected chi connectivity index (χ1v) is 6.68. The topological polar surface area (TPSA) is 143 Å². The molecule has 0 saturated carbocycles. The molecule has 24 heavy (non-hydrogen) atoms. The molecular weight excluding hydrogens is 310 g/mol. The highest BCUT2D eigenvalue weighted by atomic mass is 16.2. The van der Waals surface area contributed by atoms with E-state index in [-0.39, 0.29) is 16.9 Å². The summed E-state index contributed by atoms with van der Waals surface area (Å²) in [6.07, 6.45) is 5.03. The Morgan fingerprint density at radius 1 is 0.917 bits per heavy atom. The summed E-state index contributed by atoms with van der Waals surface area (Å²) in [4.78, 5) is 24.4. The number of carbonyl (C=O) groups excluding carboxylic acids is 1. The molecule has 0 atom stereocenters. The van der Waals surface area contributed by atoms with Crippen LogP contribution in [0.3, 0.4) is 0 Å². The quantitative estimate of drug-likeness (QED) is 0.676. The number of hydrogen-bond donors (Lipinski definition) is 2. The molecule has 3 rings (SSSR count). The number of aromatic nitrogens is 3. The van der Waals surface area contributed by atoms with Crippen LogP contribution in [0.5, 0.6) is 0 Å². The Morgan fingerprint density at radius 3 is 2.42 bits per heavy atom. The molecule has 1 aromatic carbocycles. The molecule has 0 aliphatic carbocycles. The second-order valence-electron chi connectivity index (χ2n) is 4.45. The minimum atomic E-state index is -0.254. The van der Waals surface area contributed by atoms with Crippen LogP contribution in [0.2, 0.25) is 0 Å². The summed E-state index contributed by atoms with van der Waals surface area (Å²) in [7, 11) is 0. The van der Waals surface area contributed by atoms with Crippen LogP contribution in [-0.4, -0.2) is 31.8 Å². The van der Waals surface area contributed by atoms with Gasteiger partial charge >= 0.3 is 0 Å². The molecule has 124 valence electrons. The number of hydrogen-bond acceptors (Lipinski definition) is 5. The van der Waals surface area contributed by atoms with Gasteiger partial charge in [-0.2, -0.15) is 0 Å². The number of carbonyl (C=O) groups is 1. The minimum Gasteiger partial charge on any atom is -0.412 e. The van der Waals surface area contributed by atoms with Crippen molar-refractivity contribution in [3.63, 3.8) is 0 Å². The van der Waals surface area contributed by atoms with E-state index in [1.165, 1.54) is 0 Å². The number of anilines is 1. The normalized spacial score (nSPS) is 9.17. The first-order chi connectivity index (χ1) is 10.8. The van der Waals surface area contributed by atoms with Crippen molar-refractivity contribution < 1.29 is 15.7 Å². The van der Waals surface area contributed by atoms with Gasteiger partial charge in [-0.25, -0.2) is 9.97 Å². The molecule has 3 aromatic rings. The smallest absolute Gasteiger partial charge is 0.269 e. The number of pyridine rings is 1. The van der Waals surface area contributed by atoms with Gasteiger partial charge in [-0.05, 0) is 30.3 Å². The molecule has 6 N–H and O–H groups in total. The van der Waals surface area contributed by atoms with Crippen molar-refractivity contribution in [3.8, 4) is 11.3 Å². The third-order valence-electron chi connectivity index (χ3n) is 2.94. The zero-order chi connectivity index (χ0) is 15.2. The fourth-order valence-corrected chi connectivity index (χ4v) is 1.87. The molecule has 0 radical (unpaired) electrons. The second kappa shape index (κ2) is 8.93. The van der Waals surface area contributed by atoms with Gasteiger partial charge in [-0.1, -0.05) is 18.2 Å². The van der Waals surface area contributed by atoms with Crippen LogP contribution < -0.4 is 10.9 Å². The fourth-order valence-electron chi connectivity index (χ4n) is 1.87. The minimum absolute atomic E-state index is 0. The summed E-state index contributed by atoms with van der Waals surface area (Å²) in [6, 6.07) is 14.4. The van der Waals surface area contributed by atoms with E-state index >= 15 is 0 Å². The summed E-state index contributed by atoms with van der Waals surface area (Å²) in [5, 5.41) is 0. The van der Waals surface area contributed by atoms with Gasteiger partial charge in [0.05, 0.1) is 5.69 Å². The standard InChI is InChI=1S/C16H13N5O.2H2O/c22-15(12-5-2-1-3-6-12)20-21-16-18-10-8-14(19-16)13-7-4-9-17-11-13;;/h1-11H,(H,20,22)(H,18,19,21);2*1H2. The van der Waals surface area contributed by atoms with Crippen LogP contribution in [-0.2, 0) is 0 Å². The molecule has 0 aliphatic rings. The van der Waals surface area contributed by atoms with Crippen LogP contribution >= 0.6 is 0 Å². The summed E-state index contributed by atoms with van der Waals surface area (Å²) < 4.78 is 0. The van der Waals surface area contributed by atoms with Crippen LogP contribution in [0.15, 0.2) is 67.1 Å². The van der Waals surface area contributed by atoms with Gasteiger partial charge in [-0.15, -0.1) is 0 Å². The zero-order valence-electron chi connectivity index (χ0n) is 12.6. The van der Waals surface area contributed by atoms with Crippen LogP contribution in [0.4, 0.5) is 5.95 Å². The maximum absolute atomic E-state index is 11.9. The number of nitrogens with one attached hydrogen (secondary N) is 2. The molecule has 0 bridgehead atoms. The van der Waals surface area contributed by atoms with E-state index in [2.05, 4.69) is 25.8 Å². The van der Waals surface area contributed by atoms with Crippen molar-refractivity contribution in [1.82, 2.24) is 20.4 Å².